The summed E-state index contributed by atoms with van der Waals surface area (Å²) in [6.07, 6.45) is -0.458. The van der Waals surface area contributed by atoms with Gasteiger partial charge in [0.25, 0.3) is 5.91 Å². The third-order valence-corrected chi connectivity index (χ3v) is 3.46. The lowest BCUT2D eigenvalue weighted by molar-refractivity contribution is -0.142. The van der Waals surface area contributed by atoms with E-state index >= 15 is 0 Å². The molecule has 1 fully saturated rings. The van der Waals surface area contributed by atoms with Crippen molar-refractivity contribution in [3.8, 4) is 5.75 Å². The highest BCUT2D eigenvalue weighted by Crippen LogP contribution is 2.18. The molecular weight excluding hydrogens is 242 g/mol. The molecule has 19 heavy (non-hydrogen) atoms. The van der Waals surface area contributed by atoms with Gasteiger partial charge in [-0.15, -0.1) is 0 Å². The number of ether oxygens (including phenoxy) is 2. The summed E-state index contributed by atoms with van der Waals surface area (Å²) < 4.78 is 11.0. The average molecular weight is 263 g/mol. The van der Waals surface area contributed by atoms with Crippen molar-refractivity contribution in [2.45, 2.75) is 26.9 Å². The van der Waals surface area contributed by atoms with E-state index < -0.39 is 6.10 Å². The first-order valence-electron chi connectivity index (χ1n) is 6.68. The summed E-state index contributed by atoms with van der Waals surface area (Å²) in [4.78, 5) is 14.0. The first-order valence-corrected chi connectivity index (χ1v) is 6.68. The fourth-order valence-electron chi connectivity index (χ4n) is 2.08. The third-order valence-electron chi connectivity index (χ3n) is 3.46. The van der Waals surface area contributed by atoms with Crippen LogP contribution < -0.4 is 4.74 Å². The highest BCUT2D eigenvalue weighted by molar-refractivity contribution is 5.81. The van der Waals surface area contributed by atoms with E-state index in [-0.39, 0.29) is 5.91 Å². The number of rotatable bonds is 3. The van der Waals surface area contributed by atoms with Gasteiger partial charge < -0.3 is 14.4 Å². The Balaban J connectivity index is 1.97. The molecule has 1 amide bonds. The van der Waals surface area contributed by atoms with Crippen molar-refractivity contribution in [1.29, 1.82) is 0 Å². The molecule has 1 heterocycles. The van der Waals surface area contributed by atoms with Gasteiger partial charge in [0.1, 0.15) is 5.75 Å². The van der Waals surface area contributed by atoms with Gasteiger partial charge >= 0.3 is 0 Å². The molecule has 1 aliphatic rings. The summed E-state index contributed by atoms with van der Waals surface area (Å²) in [7, 11) is 0. The molecule has 0 bridgehead atoms. The molecule has 4 nitrogen and oxygen atoms in total. The van der Waals surface area contributed by atoms with Crippen molar-refractivity contribution in [2.24, 2.45) is 0 Å². The van der Waals surface area contributed by atoms with Crippen LogP contribution in [0.25, 0.3) is 0 Å². The summed E-state index contributed by atoms with van der Waals surface area (Å²) in [6.45, 7) is 8.42. The van der Waals surface area contributed by atoms with Crippen LogP contribution in [0.2, 0.25) is 0 Å². The van der Waals surface area contributed by atoms with Gasteiger partial charge in [0.05, 0.1) is 13.2 Å². The number of benzene rings is 1. The van der Waals surface area contributed by atoms with E-state index in [1.54, 1.807) is 11.8 Å². The Morgan fingerprint density at radius 2 is 1.95 bits per heavy atom. The summed E-state index contributed by atoms with van der Waals surface area (Å²) in [5.41, 5.74) is 2.39. The second-order valence-corrected chi connectivity index (χ2v) is 4.94. The van der Waals surface area contributed by atoms with Crippen LogP contribution in [0.15, 0.2) is 18.2 Å². The molecule has 0 spiro atoms. The number of morpholine rings is 1. The molecule has 1 aromatic carbocycles. The number of nitrogens with zero attached hydrogens (tertiary/aromatic N) is 1. The first kappa shape index (κ1) is 13.9. The highest BCUT2D eigenvalue weighted by atomic mass is 16.5. The van der Waals surface area contributed by atoms with Gasteiger partial charge in [-0.1, -0.05) is 6.07 Å². The molecule has 1 aliphatic heterocycles. The molecule has 1 saturated heterocycles. The Kier molecular flexibility index (Phi) is 4.43. The Morgan fingerprint density at radius 1 is 1.26 bits per heavy atom. The lowest BCUT2D eigenvalue weighted by Crippen LogP contribution is -2.46. The van der Waals surface area contributed by atoms with Crippen LogP contribution in [0.3, 0.4) is 0 Å². The van der Waals surface area contributed by atoms with Gasteiger partial charge in [0.2, 0.25) is 0 Å². The van der Waals surface area contributed by atoms with Gasteiger partial charge in [0.15, 0.2) is 6.10 Å². The smallest absolute Gasteiger partial charge is 0.263 e. The Hall–Kier alpha value is -1.55. The minimum absolute atomic E-state index is 0.0292. The van der Waals surface area contributed by atoms with Crippen LogP contribution in [0.1, 0.15) is 18.1 Å². The van der Waals surface area contributed by atoms with Crippen LogP contribution in [0.4, 0.5) is 0 Å². The predicted molar refractivity (Wildman–Crippen MR) is 73.4 cm³/mol. The largest absolute Gasteiger partial charge is 0.481 e. The SMILES string of the molecule is Cc1ccc(OC(C)C(=O)N2CCOCC2)cc1C. The number of carbonyl (C=O) groups excluding carboxylic acids is 1. The fourth-order valence-corrected chi connectivity index (χ4v) is 2.08. The van der Waals surface area contributed by atoms with E-state index in [1.165, 1.54) is 11.1 Å². The maximum absolute atomic E-state index is 12.2. The van der Waals surface area contributed by atoms with E-state index in [1.807, 2.05) is 25.1 Å². The Bertz CT molecular complexity index is 453. The topological polar surface area (TPSA) is 38.8 Å². The summed E-state index contributed by atoms with van der Waals surface area (Å²) in [6, 6.07) is 5.89. The first-order chi connectivity index (χ1) is 9.08. The molecule has 2 rings (SSSR count). The van der Waals surface area contributed by atoms with E-state index in [4.69, 9.17) is 9.47 Å². The molecule has 0 aromatic heterocycles. The number of hydrogen-bond acceptors (Lipinski definition) is 3. The summed E-state index contributed by atoms with van der Waals surface area (Å²) in [5.74, 6) is 0.777. The van der Waals surface area contributed by atoms with Gasteiger partial charge in [-0.05, 0) is 44.0 Å². The van der Waals surface area contributed by atoms with Crippen LogP contribution in [-0.4, -0.2) is 43.2 Å². The Morgan fingerprint density at radius 3 is 2.58 bits per heavy atom. The molecule has 4 heteroatoms. The normalized spacial score (nSPS) is 17.1. The van der Waals surface area contributed by atoms with Crippen molar-refractivity contribution >= 4 is 5.91 Å². The summed E-state index contributed by atoms with van der Waals surface area (Å²) in [5, 5.41) is 0. The van der Waals surface area contributed by atoms with Crippen LogP contribution in [0, 0.1) is 13.8 Å². The standard InChI is InChI=1S/C15H21NO3/c1-11-4-5-14(10-12(11)2)19-13(3)15(17)16-6-8-18-9-7-16/h4-5,10,13H,6-9H2,1-3H3. The third kappa shape index (κ3) is 3.47. The second kappa shape index (κ2) is 6.06. The van der Waals surface area contributed by atoms with E-state index in [0.29, 0.717) is 26.3 Å². The molecule has 0 radical (unpaired) electrons. The Labute approximate surface area is 114 Å². The lowest BCUT2D eigenvalue weighted by atomic mass is 10.1. The van der Waals surface area contributed by atoms with Crippen molar-refractivity contribution in [2.75, 3.05) is 26.3 Å². The molecular formula is C15H21NO3. The molecule has 1 aromatic rings. The van der Waals surface area contributed by atoms with Crippen LogP contribution in [0.5, 0.6) is 5.75 Å². The van der Waals surface area contributed by atoms with Crippen LogP contribution in [-0.2, 0) is 9.53 Å². The lowest BCUT2D eigenvalue weighted by Gasteiger charge is -2.29. The van der Waals surface area contributed by atoms with Gasteiger partial charge in [-0.25, -0.2) is 0 Å². The fraction of sp³-hybridized carbons (Fsp3) is 0.533. The van der Waals surface area contributed by atoms with Crippen molar-refractivity contribution in [1.82, 2.24) is 4.90 Å². The molecule has 104 valence electrons. The minimum atomic E-state index is -0.458. The number of amides is 1. The van der Waals surface area contributed by atoms with E-state index in [9.17, 15) is 4.79 Å². The zero-order chi connectivity index (χ0) is 13.8. The van der Waals surface area contributed by atoms with E-state index in [2.05, 4.69) is 6.92 Å². The van der Waals surface area contributed by atoms with Crippen molar-refractivity contribution in [3.05, 3.63) is 29.3 Å². The maximum Gasteiger partial charge on any atom is 0.263 e. The molecule has 1 unspecified atom stereocenters. The highest BCUT2D eigenvalue weighted by Gasteiger charge is 2.23. The van der Waals surface area contributed by atoms with Gasteiger partial charge in [-0.2, -0.15) is 0 Å². The van der Waals surface area contributed by atoms with E-state index in [0.717, 1.165) is 5.75 Å². The quantitative estimate of drug-likeness (QED) is 0.836. The second-order valence-electron chi connectivity index (χ2n) is 4.94. The number of aryl methyl sites for hydroxylation is 2. The molecule has 0 N–H and O–H groups in total. The van der Waals surface area contributed by atoms with Crippen molar-refractivity contribution in [3.63, 3.8) is 0 Å². The molecule has 1 atom stereocenters. The average Bonchev–Trinajstić information content (AvgIpc) is 2.43. The minimum Gasteiger partial charge on any atom is -0.481 e. The monoisotopic (exact) mass is 263 g/mol. The zero-order valence-electron chi connectivity index (χ0n) is 11.8. The predicted octanol–water partition coefficient (Wildman–Crippen LogP) is 1.93. The molecule has 0 saturated carbocycles. The van der Waals surface area contributed by atoms with Crippen LogP contribution >= 0.6 is 0 Å². The van der Waals surface area contributed by atoms with Crippen molar-refractivity contribution < 1.29 is 14.3 Å². The number of hydrogen-bond donors (Lipinski definition) is 0. The summed E-state index contributed by atoms with van der Waals surface area (Å²) >= 11 is 0. The zero-order valence-corrected chi connectivity index (χ0v) is 11.8. The maximum atomic E-state index is 12.2. The van der Waals surface area contributed by atoms with Gasteiger partial charge in [0, 0.05) is 13.1 Å². The molecule has 0 aliphatic carbocycles. The number of carbonyl (C=O) groups is 1. The van der Waals surface area contributed by atoms with Gasteiger partial charge in [-0.3, -0.25) is 4.79 Å².